The van der Waals surface area contributed by atoms with Gasteiger partial charge in [0.1, 0.15) is 5.75 Å². The van der Waals surface area contributed by atoms with Crippen molar-refractivity contribution in [1.29, 1.82) is 0 Å². The molecule has 0 spiro atoms. The van der Waals surface area contributed by atoms with Crippen molar-refractivity contribution >= 4 is 38.7 Å². The number of sulfonamides is 1. The van der Waals surface area contributed by atoms with Gasteiger partial charge in [-0.05, 0) is 62.0 Å². The Kier molecular flexibility index (Phi) is 6.06. The molecule has 0 bridgehead atoms. The maximum absolute atomic E-state index is 11.8. The molecule has 2 atom stereocenters. The Balaban J connectivity index is 1.85. The Bertz CT molecular complexity index is 1310. The second-order valence-corrected chi connectivity index (χ2v) is 10.3. The van der Waals surface area contributed by atoms with Gasteiger partial charge in [-0.3, -0.25) is 9.71 Å². The van der Waals surface area contributed by atoms with Crippen molar-refractivity contribution in [2.75, 3.05) is 23.0 Å². The molecule has 0 radical (unpaired) electrons. The number of benzene rings is 1. The predicted octanol–water partition coefficient (Wildman–Crippen LogP) is 3.59. The Hall–Kier alpha value is -3.11. The normalized spacial score (nSPS) is 18.3. The van der Waals surface area contributed by atoms with E-state index in [2.05, 4.69) is 39.5 Å². The van der Waals surface area contributed by atoms with Gasteiger partial charge in [0.25, 0.3) is 0 Å². The fraction of sp³-hybridized carbons (Fsp3) is 0.304. The smallest absolute Gasteiger partial charge is 0.229 e. The van der Waals surface area contributed by atoms with E-state index >= 15 is 0 Å². The minimum atomic E-state index is -3.45. The number of nitrogens with zero attached hydrogens (tertiary/aromatic N) is 3. The second-order valence-electron chi connectivity index (χ2n) is 8.14. The molecule has 3 aromatic rings. The van der Waals surface area contributed by atoms with Crippen LogP contribution < -0.4 is 19.7 Å². The molecule has 174 valence electrons. The predicted molar refractivity (Wildman–Crippen MR) is 134 cm³/mol. The maximum atomic E-state index is 11.8. The van der Waals surface area contributed by atoms with Gasteiger partial charge >= 0.3 is 0 Å². The first-order chi connectivity index (χ1) is 15.6. The number of thiocarbonyl (C=S) groups is 1. The lowest BCUT2D eigenvalue weighted by Gasteiger charge is -2.28. The summed E-state index contributed by atoms with van der Waals surface area (Å²) in [6.07, 6.45) is 2.88. The van der Waals surface area contributed by atoms with Crippen molar-refractivity contribution < 1.29 is 13.2 Å². The van der Waals surface area contributed by atoms with Gasteiger partial charge in [-0.25, -0.2) is 8.42 Å². The lowest BCUT2D eigenvalue weighted by Crippen LogP contribution is -2.29. The average molecular weight is 486 g/mol. The molecule has 8 nitrogen and oxygen atoms in total. The van der Waals surface area contributed by atoms with Crippen LogP contribution in [0.1, 0.15) is 34.7 Å². The van der Waals surface area contributed by atoms with Gasteiger partial charge < -0.3 is 19.5 Å². The molecule has 0 saturated carbocycles. The van der Waals surface area contributed by atoms with Gasteiger partial charge in [-0.2, -0.15) is 0 Å². The summed E-state index contributed by atoms with van der Waals surface area (Å²) in [6, 6.07) is 13.0. The van der Waals surface area contributed by atoms with E-state index in [9.17, 15) is 8.42 Å². The summed E-state index contributed by atoms with van der Waals surface area (Å²) in [5, 5.41) is 4.00. The van der Waals surface area contributed by atoms with E-state index in [1.54, 1.807) is 18.3 Å². The third kappa shape index (κ3) is 4.40. The highest BCUT2D eigenvalue weighted by Gasteiger charge is 2.42. The lowest BCUT2D eigenvalue weighted by molar-refractivity contribution is 0.417. The number of rotatable bonds is 6. The first-order valence-corrected chi connectivity index (χ1v) is 12.7. The van der Waals surface area contributed by atoms with Crippen molar-refractivity contribution in [3.05, 3.63) is 71.3 Å². The molecule has 33 heavy (non-hydrogen) atoms. The van der Waals surface area contributed by atoms with Crippen molar-refractivity contribution in [3.63, 3.8) is 0 Å². The van der Waals surface area contributed by atoms with Crippen molar-refractivity contribution in [3.8, 4) is 5.75 Å². The largest absolute Gasteiger partial charge is 0.494 e. The van der Waals surface area contributed by atoms with E-state index in [1.807, 2.05) is 36.2 Å². The summed E-state index contributed by atoms with van der Waals surface area (Å²) in [6.45, 7) is 4.17. The second kappa shape index (κ2) is 8.68. The highest BCUT2D eigenvalue weighted by Crippen LogP contribution is 2.44. The molecule has 1 saturated heterocycles. The van der Waals surface area contributed by atoms with Crippen molar-refractivity contribution in [1.82, 2.24) is 14.9 Å². The molecule has 1 aromatic carbocycles. The summed E-state index contributed by atoms with van der Waals surface area (Å²) in [4.78, 5) is 6.63. The molecule has 1 aliphatic rings. The van der Waals surface area contributed by atoms with E-state index in [0.717, 1.165) is 34.6 Å². The van der Waals surface area contributed by atoms with Gasteiger partial charge in [0.05, 0.1) is 36.8 Å². The summed E-state index contributed by atoms with van der Waals surface area (Å²) >= 11 is 5.79. The van der Waals surface area contributed by atoms with Crippen molar-refractivity contribution in [2.24, 2.45) is 7.05 Å². The van der Waals surface area contributed by atoms with Crippen LogP contribution in [0.2, 0.25) is 0 Å². The summed E-state index contributed by atoms with van der Waals surface area (Å²) in [5.74, 6) is 0.404. The molecule has 2 N–H and O–H groups in total. The number of methoxy groups -OCH3 is 1. The van der Waals surface area contributed by atoms with Crippen LogP contribution in [0.25, 0.3) is 0 Å². The molecule has 1 fully saturated rings. The zero-order valence-electron chi connectivity index (χ0n) is 19.2. The number of aryl methyl sites for hydroxylation is 1. The molecule has 3 heterocycles. The summed E-state index contributed by atoms with van der Waals surface area (Å²) in [7, 11) is 0.0999. The van der Waals surface area contributed by atoms with E-state index in [0.29, 0.717) is 16.5 Å². The van der Waals surface area contributed by atoms with Gasteiger partial charge in [0, 0.05) is 36.4 Å². The topological polar surface area (TPSA) is 88.5 Å². The standard InChI is InChI=1S/C23H27N5O3S2/c1-14-12-17(15(2)27(14)3)22-21(19-8-6-7-11-24-19)25-23(32)28(22)16-9-10-18(20(13-16)31-4)26-33(5,29)30/h6-13,21-22,26H,1-5H3,(H,25,32)/t21-,22-/m1/s1. The molecular weight excluding hydrogens is 458 g/mol. The van der Waals surface area contributed by atoms with Crippen molar-refractivity contribution in [2.45, 2.75) is 25.9 Å². The van der Waals surface area contributed by atoms with E-state index < -0.39 is 10.0 Å². The molecule has 2 aromatic heterocycles. The third-order valence-corrected chi connectivity index (χ3v) is 6.89. The lowest BCUT2D eigenvalue weighted by atomic mass is 9.96. The average Bonchev–Trinajstić information content (AvgIpc) is 3.24. The number of anilines is 2. The molecule has 1 aliphatic heterocycles. The Labute approximate surface area is 199 Å². The van der Waals surface area contributed by atoms with Gasteiger partial charge in [-0.1, -0.05) is 6.07 Å². The van der Waals surface area contributed by atoms with Crippen LogP contribution >= 0.6 is 12.2 Å². The van der Waals surface area contributed by atoms with Gasteiger partial charge in [0.15, 0.2) is 5.11 Å². The maximum Gasteiger partial charge on any atom is 0.229 e. The zero-order chi connectivity index (χ0) is 23.9. The van der Waals surface area contributed by atoms with Gasteiger partial charge in [-0.15, -0.1) is 0 Å². The third-order valence-electron chi connectivity index (χ3n) is 5.99. The SMILES string of the molecule is COc1cc(N2C(=S)N[C@H](c3ccccn3)[C@H]2c2cc(C)n(C)c2C)ccc1NS(C)(=O)=O. The van der Waals surface area contributed by atoms with E-state index in [-0.39, 0.29) is 12.1 Å². The number of aromatic nitrogens is 2. The first-order valence-electron chi connectivity index (χ1n) is 10.4. The van der Waals surface area contributed by atoms with Crippen LogP contribution in [-0.2, 0) is 17.1 Å². The minimum absolute atomic E-state index is 0.161. The highest BCUT2D eigenvalue weighted by molar-refractivity contribution is 7.92. The fourth-order valence-electron chi connectivity index (χ4n) is 4.25. The van der Waals surface area contributed by atoms with Crippen LogP contribution in [0.5, 0.6) is 5.75 Å². The Morgan fingerprint density at radius 1 is 1.18 bits per heavy atom. The van der Waals surface area contributed by atoms with Crippen LogP contribution in [-0.4, -0.2) is 36.4 Å². The van der Waals surface area contributed by atoms with Crippen LogP contribution in [0, 0.1) is 13.8 Å². The van der Waals surface area contributed by atoms with Gasteiger partial charge in [0.2, 0.25) is 10.0 Å². The van der Waals surface area contributed by atoms with E-state index in [1.165, 1.54) is 7.11 Å². The number of hydrogen-bond acceptors (Lipinski definition) is 5. The summed E-state index contributed by atoms with van der Waals surface area (Å²) < 4.78 is 33.7. The van der Waals surface area contributed by atoms with Crippen LogP contribution in [0.15, 0.2) is 48.7 Å². The molecular formula is C23H27N5O3S2. The Morgan fingerprint density at radius 3 is 2.52 bits per heavy atom. The molecule has 0 aliphatic carbocycles. The number of pyridine rings is 1. The fourth-order valence-corrected chi connectivity index (χ4v) is 5.16. The zero-order valence-corrected chi connectivity index (χ0v) is 20.8. The first kappa shape index (κ1) is 23.1. The molecule has 4 rings (SSSR count). The highest BCUT2D eigenvalue weighted by atomic mass is 32.2. The summed E-state index contributed by atoms with van der Waals surface area (Å²) in [5.41, 5.74) is 5.45. The molecule has 10 heteroatoms. The minimum Gasteiger partial charge on any atom is -0.494 e. The van der Waals surface area contributed by atoms with E-state index in [4.69, 9.17) is 17.0 Å². The molecule has 0 unspecified atom stereocenters. The number of hydrogen-bond donors (Lipinski definition) is 2. The quantitative estimate of drug-likeness (QED) is 0.516. The van der Waals surface area contributed by atoms with Crippen LogP contribution in [0.3, 0.4) is 0 Å². The molecule has 0 amide bonds. The number of nitrogens with one attached hydrogen (secondary N) is 2. The monoisotopic (exact) mass is 485 g/mol. The number of ether oxygens (including phenoxy) is 1. The van der Waals surface area contributed by atoms with Crippen LogP contribution in [0.4, 0.5) is 11.4 Å². The Morgan fingerprint density at radius 2 is 1.94 bits per heavy atom.